The summed E-state index contributed by atoms with van der Waals surface area (Å²) in [6.45, 7) is 3.26. The molecule has 1 aliphatic rings. The van der Waals surface area contributed by atoms with E-state index >= 15 is 0 Å². The number of carbonyl (C=O) groups is 1. The fourth-order valence-corrected chi connectivity index (χ4v) is 4.14. The summed E-state index contributed by atoms with van der Waals surface area (Å²) in [4.78, 5) is 23.6. The lowest BCUT2D eigenvalue weighted by Crippen LogP contribution is -2.27. The first-order valence-electron chi connectivity index (χ1n) is 10.7. The lowest BCUT2D eigenvalue weighted by atomic mass is 10.1. The van der Waals surface area contributed by atoms with Crippen LogP contribution in [0.4, 0.5) is 17.3 Å². The second-order valence-corrected chi connectivity index (χ2v) is 7.90. The summed E-state index contributed by atoms with van der Waals surface area (Å²) < 4.78 is 6.57. The van der Waals surface area contributed by atoms with E-state index in [0.717, 1.165) is 29.4 Å². The summed E-state index contributed by atoms with van der Waals surface area (Å²) in [5.74, 6) is 1.33. The van der Waals surface area contributed by atoms with Crippen LogP contribution in [0.5, 0.6) is 0 Å². The van der Waals surface area contributed by atoms with Gasteiger partial charge in [-0.25, -0.2) is 19.3 Å². The van der Waals surface area contributed by atoms with Crippen LogP contribution >= 0.6 is 0 Å². The van der Waals surface area contributed by atoms with Gasteiger partial charge in [0.15, 0.2) is 5.65 Å². The van der Waals surface area contributed by atoms with E-state index in [0.29, 0.717) is 22.9 Å². The molecule has 4 aromatic rings. The van der Waals surface area contributed by atoms with E-state index in [9.17, 15) is 4.79 Å². The molecule has 4 heterocycles. The molecule has 1 aliphatic heterocycles. The van der Waals surface area contributed by atoms with Crippen molar-refractivity contribution in [2.24, 2.45) is 0 Å². The van der Waals surface area contributed by atoms with Crippen molar-refractivity contribution in [2.75, 3.05) is 23.9 Å². The first-order chi connectivity index (χ1) is 15.6. The van der Waals surface area contributed by atoms with Crippen molar-refractivity contribution < 1.29 is 9.53 Å². The van der Waals surface area contributed by atoms with E-state index in [-0.39, 0.29) is 5.97 Å². The Morgan fingerprint density at radius 1 is 1.19 bits per heavy atom. The Balaban J connectivity index is 1.52. The number of fused-ring (bicyclic) bond motifs is 1. The lowest BCUT2D eigenvalue weighted by molar-refractivity contribution is 0.0601. The minimum absolute atomic E-state index is 0.383. The van der Waals surface area contributed by atoms with Gasteiger partial charge in [0.25, 0.3) is 0 Å². The van der Waals surface area contributed by atoms with Gasteiger partial charge in [0, 0.05) is 30.5 Å². The molecule has 5 rings (SSSR count). The average Bonchev–Trinajstić information content (AvgIpc) is 3.47. The maximum atomic E-state index is 12.0. The number of anilines is 3. The quantitative estimate of drug-likeness (QED) is 0.474. The Kier molecular flexibility index (Phi) is 5.18. The third-order valence-corrected chi connectivity index (χ3v) is 5.78. The molecular formula is C24H24N6O2. The van der Waals surface area contributed by atoms with Crippen LogP contribution in [0, 0.1) is 0 Å². The van der Waals surface area contributed by atoms with Gasteiger partial charge in [-0.2, -0.15) is 5.10 Å². The number of nitrogens with zero attached hydrogens (tertiary/aromatic N) is 5. The number of ether oxygens (including phenoxy) is 1. The van der Waals surface area contributed by atoms with Crippen LogP contribution in [0.25, 0.3) is 16.9 Å². The highest BCUT2D eigenvalue weighted by molar-refractivity contribution is 5.91. The molecule has 1 saturated heterocycles. The van der Waals surface area contributed by atoms with Crippen LogP contribution in [0.2, 0.25) is 0 Å². The number of pyridine rings is 1. The van der Waals surface area contributed by atoms with Crippen molar-refractivity contribution in [3.8, 4) is 11.3 Å². The number of methoxy groups -OCH3 is 1. The smallest absolute Gasteiger partial charge is 0.337 e. The molecule has 0 unspecified atom stereocenters. The van der Waals surface area contributed by atoms with Crippen molar-refractivity contribution >= 4 is 28.9 Å². The van der Waals surface area contributed by atoms with E-state index in [2.05, 4.69) is 27.2 Å². The SMILES string of the molecule is COC(=O)c1cccc(-c2cc(Nc3cccc(N4CCC[C@H]4C)n3)c3nccn3n2)c1. The maximum Gasteiger partial charge on any atom is 0.337 e. The first kappa shape index (κ1) is 20.0. The minimum Gasteiger partial charge on any atom is -0.465 e. The Hall–Kier alpha value is -3.94. The molecule has 1 N–H and O–H groups in total. The number of nitrogens with one attached hydrogen (secondary N) is 1. The Labute approximate surface area is 185 Å². The Morgan fingerprint density at radius 3 is 2.88 bits per heavy atom. The van der Waals surface area contributed by atoms with Gasteiger partial charge in [0.2, 0.25) is 0 Å². The maximum absolute atomic E-state index is 12.0. The summed E-state index contributed by atoms with van der Waals surface area (Å²) >= 11 is 0. The monoisotopic (exact) mass is 428 g/mol. The second-order valence-electron chi connectivity index (χ2n) is 7.90. The highest BCUT2D eigenvalue weighted by Gasteiger charge is 2.21. The molecule has 8 heteroatoms. The summed E-state index contributed by atoms with van der Waals surface area (Å²) in [5.41, 5.74) is 3.45. The van der Waals surface area contributed by atoms with Crippen molar-refractivity contribution in [3.63, 3.8) is 0 Å². The van der Waals surface area contributed by atoms with Gasteiger partial charge >= 0.3 is 5.97 Å². The van der Waals surface area contributed by atoms with Gasteiger partial charge in [-0.05, 0) is 50.1 Å². The molecule has 0 aliphatic carbocycles. The number of benzene rings is 1. The number of rotatable bonds is 5. The lowest BCUT2D eigenvalue weighted by Gasteiger charge is -2.23. The van der Waals surface area contributed by atoms with Crippen LogP contribution in [-0.4, -0.2) is 45.2 Å². The molecule has 0 spiro atoms. The summed E-state index contributed by atoms with van der Waals surface area (Å²) in [7, 11) is 1.37. The largest absolute Gasteiger partial charge is 0.465 e. The van der Waals surface area contributed by atoms with Crippen molar-refractivity contribution in [1.82, 2.24) is 19.6 Å². The second kappa shape index (κ2) is 8.30. The molecule has 0 radical (unpaired) electrons. The van der Waals surface area contributed by atoms with Crippen LogP contribution < -0.4 is 10.2 Å². The molecule has 0 bridgehead atoms. The predicted molar refractivity (Wildman–Crippen MR) is 123 cm³/mol. The van der Waals surface area contributed by atoms with E-state index in [1.54, 1.807) is 29.0 Å². The average molecular weight is 428 g/mol. The van der Waals surface area contributed by atoms with Crippen molar-refractivity contribution in [3.05, 3.63) is 66.5 Å². The van der Waals surface area contributed by atoms with Crippen molar-refractivity contribution in [1.29, 1.82) is 0 Å². The molecule has 1 aromatic carbocycles. The number of hydrogen-bond donors (Lipinski definition) is 1. The summed E-state index contributed by atoms with van der Waals surface area (Å²) in [5, 5.41) is 8.08. The van der Waals surface area contributed by atoms with Gasteiger partial charge in [-0.15, -0.1) is 0 Å². The highest BCUT2D eigenvalue weighted by Crippen LogP contribution is 2.28. The van der Waals surface area contributed by atoms with Crippen LogP contribution in [0.3, 0.4) is 0 Å². The van der Waals surface area contributed by atoms with Gasteiger partial charge in [-0.1, -0.05) is 18.2 Å². The van der Waals surface area contributed by atoms with Gasteiger partial charge in [0.05, 0.1) is 24.1 Å². The fraction of sp³-hybridized carbons (Fsp3) is 0.250. The minimum atomic E-state index is -0.383. The Morgan fingerprint density at radius 2 is 2.06 bits per heavy atom. The topological polar surface area (TPSA) is 84.6 Å². The van der Waals surface area contributed by atoms with Gasteiger partial charge < -0.3 is 15.0 Å². The molecule has 0 saturated carbocycles. The van der Waals surface area contributed by atoms with Gasteiger partial charge in [-0.3, -0.25) is 0 Å². The molecule has 8 nitrogen and oxygen atoms in total. The highest BCUT2D eigenvalue weighted by atomic mass is 16.5. The normalized spacial score (nSPS) is 15.8. The number of hydrogen-bond acceptors (Lipinski definition) is 7. The molecule has 1 atom stereocenters. The van der Waals surface area contributed by atoms with Crippen molar-refractivity contribution in [2.45, 2.75) is 25.8 Å². The summed E-state index contributed by atoms with van der Waals surface area (Å²) in [6, 6.07) is 15.6. The number of imidazole rings is 1. The fourth-order valence-electron chi connectivity index (χ4n) is 4.14. The third kappa shape index (κ3) is 3.75. The molecular weight excluding hydrogens is 404 g/mol. The molecule has 0 amide bonds. The van der Waals surface area contributed by atoms with E-state index in [4.69, 9.17) is 9.72 Å². The molecule has 3 aromatic heterocycles. The Bertz CT molecular complexity index is 1280. The number of carbonyl (C=O) groups excluding carboxylic acids is 1. The molecule has 162 valence electrons. The van der Waals surface area contributed by atoms with Gasteiger partial charge in [0.1, 0.15) is 11.6 Å². The van der Waals surface area contributed by atoms with Crippen LogP contribution in [0.15, 0.2) is 60.9 Å². The molecule has 32 heavy (non-hydrogen) atoms. The van der Waals surface area contributed by atoms with Crippen LogP contribution in [-0.2, 0) is 4.74 Å². The zero-order chi connectivity index (χ0) is 22.1. The first-order valence-corrected chi connectivity index (χ1v) is 10.7. The van der Waals surface area contributed by atoms with E-state index < -0.39 is 0 Å². The molecule has 1 fully saturated rings. The van der Waals surface area contributed by atoms with E-state index in [1.165, 1.54) is 20.0 Å². The predicted octanol–water partition coefficient (Wildman–Crippen LogP) is 4.31. The summed E-state index contributed by atoms with van der Waals surface area (Å²) in [6.07, 6.45) is 5.88. The zero-order valence-corrected chi connectivity index (χ0v) is 18.0. The van der Waals surface area contributed by atoms with Crippen LogP contribution in [0.1, 0.15) is 30.1 Å². The standard InChI is InChI=1S/C24H24N6O2/c1-16-6-5-12-29(16)22-10-4-9-21(27-22)26-20-15-19(28-30-13-11-25-23(20)30)17-7-3-8-18(14-17)24(31)32-2/h3-4,7-11,13-16H,5-6,12H2,1-2H3,(H,26,27)/t16-/m1/s1. The number of esters is 1. The zero-order valence-electron chi connectivity index (χ0n) is 18.0. The third-order valence-electron chi connectivity index (χ3n) is 5.78. The van der Waals surface area contributed by atoms with E-state index in [1.807, 2.05) is 36.4 Å². The number of aromatic nitrogens is 4.